The van der Waals surface area contributed by atoms with Gasteiger partial charge in [0.25, 0.3) is 0 Å². The molecule has 322 valence electrons. The molecule has 3 aromatic heterocycles. The minimum absolute atomic E-state index is 0.531. The lowest BCUT2D eigenvalue weighted by molar-refractivity contribution is 0.669. The fourth-order valence-electron chi connectivity index (χ4n) is 11.1. The van der Waals surface area contributed by atoms with E-state index in [9.17, 15) is 0 Å². The van der Waals surface area contributed by atoms with Crippen molar-refractivity contribution in [3.05, 3.63) is 265 Å². The molecule has 69 heavy (non-hydrogen) atoms. The lowest BCUT2D eigenvalue weighted by Crippen LogP contribution is -2.28. The number of hydrogen-bond donors (Lipinski definition) is 0. The summed E-state index contributed by atoms with van der Waals surface area (Å²) < 4.78 is 8.98. The molecule has 0 radical (unpaired) electrons. The Balaban J connectivity index is 0.959. The molecule has 0 fully saturated rings. The average molecular weight is 881 g/mol. The summed E-state index contributed by atoms with van der Waals surface area (Å²) in [6.07, 6.45) is 0. The van der Waals surface area contributed by atoms with Crippen LogP contribution in [-0.2, 0) is 5.41 Å². The van der Waals surface area contributed by atoms with Crippen molar-refractivity contribution < 1.29 is 4.42 Å². The number of nitrogens with zero attached hydrogens (tertiary/aromatic N) is 4. The lowest BCUT2D eigenvalue weighted by Gasteiger charge is -2.34. The lowest BCUT2D eigenvalue weighted by atomic mass is 9.67. The highest BCUT2D eigenvalue weighted by molar-refractivity contribution is 6.14. The molecule has 1 aliphatic rings. The summed E-state index contributed by atoms with van der Waals surface area (Å²) in [7, 11) is 0. The molecule has 10 aromatic carbocycles. The molecule has 0 amide bonds. The molecule has 0 spiro atoms. The summed E-state index contributed by atoms with van der Waals surface area (Å²) in [5.41, 5.74) is 16.8. The van der Waals surface area contributed by atoms with Crippen molar-refractivity contribution in [2.24, 2.45) is 0 Å². The summed E-state index contributed by atoms with van der Waals surface area (Å²) in [5.74, 6) is 1.75. The highest BCUT2D eigenvalue weighted by atomic mass is 16.3. The van der Waals surface area contributed by atoms with Gasteiger partial charge in [-0.1, -0.05) is 194 Å². The number of fused-ring (bicyclic) bond motifs is 9. The zero-order chi connectivity index (χ0) is 45.5. The van der Waals surface area contributed by atoms with Crippen molar-refractivity contribution in [1.29, 1.82) is 0 Å². The molecule has 5 heteroatoms. The number of benzene rings is 10. The number of rotatable bonds is 7. The molecule has 0 bridgehead atoms. The molecule has 13 aromatic rings. The maximum absolute atomic E-state index is 6.57. The molecule has 5 nitrogen and oxygen atoms in total. The number of furan rings is 1. The predicted molar refractivity (Wildman–Crippen MR) is 280 cm³/mol. The van der Waals surface area contributed by atoms with Crippen LogP contribution in [0.2, 0.25) is 0 Å². The molecule has 0 aliphatic heterocycles. The van der Waals surface area contributed by atoms with Crippen molar-refractivity contribution in [1.82, 2.24) is 19.5 Å². The van der Waals surface area contributed by atoms with Crippen molar-refractivity contribution >= 4 is 43.7 Å². The van der Waals surface area contributed by atoms with Crippen LogP contribution in [0.15, 0.2) is 247 Å². The van der Waals surface area contributed by atoms with Gasteiger partial charge in [0.15, 0.2) is 17.5 Å². The van der Waals surface area contributed by atoms with E-state index < -0.39 is 5.41 Å². The van der Waals surface area contributed by atoms with Crippen LogP contribution in [-0.4, -0.2) is 19.5 Å². The van der Waals surface area contributed by atoms with Gasteiger partial charge in [-0.15, -0.1) is 0 Å². The quantitative estimate of drug-likeness (QED) is 0.160. The first-order valence-electron chi connectivity index (χ1n) is 23.4. The monoisotopic (exact) mass is 880 g/mol. The van der Waals surface area contributed by atoms with E-state index in [0.717, 1.165) is 66.5 Å². The molecule has 3 heterocycles. The number of para-hydroxylation sites is 1. The molecule has 0 saturated carbocycles. The van der Waals surface area contributed by atoms with E-state index in [1.54, 1.807) is 0 Å². The molecule has 0 unspecified atom stereocenters. The van der Waals surface area contributed by atoms with E-state index in [1.165, 1.54) is 44.2 Å². The van der Waals surface area contributed by atoms with E-state index in [2.05, 4.69) is 205 Å². The van der Waals surface area contributed by atoms with Gasteiger partial charge in [-0.2, -0.15) is 0 Å². The highest BCUT2D eigenvalue weighted by Crippen LogP contribution is 2.57. The third-order valence-electron chi connectivity index (χ3n) is 14.1. The summed E-state index contributed by atoms with van der Waals surface area (Å²) >= 11 is 0. The Labute approximate surface area is 398 Å². The van der Waals surface area contributed by atoms with Crippen LogP contribution in [0.4, 0.5) is 0 Å². The molecule has 1 aliphatic carbocycles. The van der Waals surface area contributed by atoms with E-state index in [1.807, 2.05) is 42.5 Å². The number of hydrogen-bond acceptors (Lipinski definition) is 4. The van der Waals surface area contributed by atoms with Crippen molar-refractivity contribution in [2.45, 2.75) is 5.41 Å². The largest absolute Gasteiger partial charge is 0.456 e. The molecule has 0 saturated heterocycles. The van der Waals surface area contributed by atoms with Gasteiger partial charge < -0.3 is 8.98 Å². The van der Waals surface area contributed by atoms with Gasteiger partial charge in [-0.25, -0.2) is 15.0 Å². The van der Waals surface area contributed by atoms with Crippen molar-refractivity contribution in [3.8, 4) is 62.1 Å². The van der Waals surface area contributed by atoms with Crippen molar-refractivity contribution in [3.63, 3.8) is 0 Å². The minimum Gasteiger partial charge on any atom is -0.456 e. The maximum Gasteiger partial charge on any atom is 0.164 e. The predicted octanol–water partition coefficient (Wildman–Crippen LogP) is 15.9. The zero-order valence-electron chi connectivity index (χ0n) is 37.3. The molecular formula is C64H40N4O. The van der Waals surface area contributed by atoms with Gasteiger partial charge in [-0.05, 0) is 93.0 Å². The average Bonchev–Trinajstić information content (AvgIpc) is 4.07. The summed E-state index contributed by atoms with van der Waals surface area (Å²) in [4.78, 5) is 15.6. The fourth-order valence-corrected chi connectivity index (χ4v) is 11.1. The van der Waals surface area contributed by atoms with E-state index in [4.69, 9.17) is 19.4 Å². The van der Waals surface area contributed by atoms with Gasteiger partial charge in [0.1, 0.15) is 11.2 Å². The first kappa shape index (κ1) is 39.0. The Morgan fingerprint density at radius 1 is 0.333 bits per heavy atom. The van der Waals surface area contributed by atoms with Crippen LogP contribution in [0.25, 0.3) is 106 Å². The Morgan fingerprint density at radius 2 is 0.913 bits per heavy atom. The second-order valence-electron chi connectivity index (χ2n) is 17.9. The zero-order valence-corrected chi connectivity index (χ0v) is 37.3. The summed E-state index contributed by atoms with van der Waals surface area (Å²) in [6, 6.07) is 86.4. The Morgan fingerprint density at radius 3 is 1.65 bits per heavy atom. The number of aromatic nitrogens is 4. The second kappa shape index (κ2) is 15.4. The van der Waals surface area contributed by atoms with Crippen LogP contribution in [0.1, 0.15) is 22.3 Å². The Hall–Kier alpha value is -9.19. The van der Waals surface area contributed by atoms with Crippen LogP contribution < -0.4 is 0 Å². The van der Waals surface area contributed by atoms with Gasteiger partial charge in [0, 0.05) is 43.9 Å². The third kappa shape index (κ3) is 6.00. The maximum atomic E-state index is 6.57. The topological polar surface area (TPSA) is 56.7 Å². The SMILES string of the molecule is c1ccc(-c2nc(-c3cccc(-n4c5ccccc5c5cc6c(cc54)C(c4ccccc4)(c4ccccc4)c4ccccc4-6)c3)nc(-c3ccc4c(c3)oc3cccc(-c5ccccc5)c34)n2)cc1. The third-order valence-corrected chi connectivity index (χ3v) is 14.1. The molecular weight excluding hydrogens is 841 g/mol. The fraction of sp³-hybridized carbons (Fsp3) is 0.0156. The standard InChI is InChI=1S/C64H40N4O/c1-5-19-41(20-6-1)48-31-18-34-58-60(48)51-36-35-44(38-59(51)69-58)63-66-61(42-21-7-2-8-22-42)65-62(67-63)43-23-17-28-47(37-43)68-56-33-16-14-30-50(56)53-39-52-49-29-13-15-32-54(49)64(55(52)40-57(53)68,45-24-9-3-10-25-45)46-26-11-4-12-27-46/h1-40H. The highest BCUT2D eigenvalue weighted by Gasteiger charge is 2.46. The smallest absolute Gasteiger partial charge is 0.164 e. The molecule has 0 atom stereocenters. The summed E-state index contributed by atoms with van der Waals surface area (Å²) in [6.45, 7) is 0. The van der Waals surface area contributed by atoms with Crippen LogP contribution >= 0.6 is 0 Å². The summed E-state index contributed by atoms with van der Waals surface area (Å²) in [5, 5.41) is 4.53. The van der Waals surface area contributed by atoms with Crippen LogP contribution in [0.3, 0.4) is 0 Å². The molecule has 0 N–H and O–H groups in total. The Bertz CT molecular complexity index is 4080. The second-order valence-corrected chi connectivity index (χ2v) is 17.9. The van der Waals surface area contributed by atoms with E-state index in [0.29, 0.717) is 17.5 Å². The first-order chi connectivity index (χ1) is 34.2. The Kier molecular flexibility index (Phi) is 8.73. The van der Waals surface area contributed by atoms with Gasteiger partial charge >= 0.3 is 0 Å². The van der Waals surface area contributed by atoms with Gasteiger partial charge in [0.2, 0.25) is 0 Å². The van der Waals surface area contributed by atoms with Crippen molar-refractivity contribution in [2.75, 3.05) is 0 Å². The van der Waals surface area contributed by atoms with Gasteiger partial charge in [-0.3, -0.25) is 0 Å². The first-order valence-corrected chi connectivity index (χ1v) is 23.4. The molecule has 14 rings (SSSR count). The van der Waals surface area contributed by atoms with Crippen LogP contribution in [0.5, 0.6) is 0 Å². The van der Waals surface area contributed by atoms with Crippen LogP contribution in [0, 0.1) is 0 Å². The van der Waals surface area contributed by atoms with Gasteiger partial charge in [0.05, 0.1) is 16.4 Å². The van der Waals surface area contributed by atoms with E-state index >= 15 is 0 Å². The minimum atomic E-state index is -0.531. The normalized spacial score (nSPS) is 12.8. The van der Waals surface area contributed by atoms with E-state index in [-0.39, 0.29) is 0 Å².